The van der Waals surface area contributed by atoms with E-state index in [2.05, 4.69) is 27.7 Å². The van der Waals surface area contributed by atoms with E-state index in [-0.39, 0.29) is 23.8 Å². The molecule has 2 rings (SSSR count). The molecular weight excluding hydrogens is 201 g/mol. The molecule has 0 aromatic heterocycles. The molecular formula is C12H24BNO2. The van der Waals surface area contributed by atoms with Crippen molar-refractivity contribution in [3.63, 3.8) is 0 Å². The lowest BCUT2D eigenvalue weighted by molar-refractivity contribution is 0.00578. The minimum atomic E-state index is -0.275. The van der Waals surface area contributed by atoms with Gasteiger partial charge >= 0.3 is 7.12 Å². The minimum Gasteiger partial charge on any atom is -0.402 e. The Kier molecular flexibility index (Phi) is 2.88. The molecule has 1 aliphatic heterocycles. The van der Waals surface area contributed by atoms with Gasteiger partial charge in [-0.1, -0.05) is 19.3 Å². The van der Waals surface area contributed by atoms with E-state index in [4.69, 9.17) is 15.0 Å². The molecule has 92 valence electrons. The van der Waals surface area contributed by atoms with Crippen LogP contribution in [0, 0.1) is 0 Å². The van der Waals surface area contributed by atoms with Crippen LogP contribution in [0.3, 0.4) is 0 Å². The van der Waals surface area contributed by atoms with E-state index >= 15 is 0 Å². The molecule has 0 radical (unpaired) electrons. The maximum atomic E-state index is 6.46. The van der Waals surface area contributed by atoms with E-state index < -0.39 is 0 Å². The molecule has 3 nitrogen and oxygen atoms in total. The van der Waals surface area contributed by atoms with Crippen LogP contribution in [-0.2, 0) is 9.31 Å². The van der Waals surface area contributed by atoms with Crippen molar-refractivity contribution in [1.29, 1.82) is 0 Å². The molecule has 2 fully saturated rings. The lowest BCUT2D eigenvalue weighted by Gasteiger charge is -2.34. The van der Waals surface area contributed by atoms with Gasteiger partial charge in [0.1, 0.15) is 0 Å². The maximum absolute atomic E-state index is 6.46. The molecule has 1 saturated carbocycles. The van der Waals surface area contributed by atoms with Crippen molar-refractivity contribution in [1.82, 2.24) is 0 Å². The fourth-order valence-corrected chi connectivity index (χ4v) is 2.52. The summed E-state index contributed by atoms with van der Waals surface area (Å²) in [7, 11) is -0.238. The third-order valence-electron chi connectivity index (χ3n) is 4.51. The number of hydrogen-bond acceptors (Lipinski definition) is 3. The standard InChI is InChI=1S/C12H24BNO2/c1-10(2)11(3,4)16-13(15-10)12(14)8-6-5-7-9-12/h5-9,14H2,1-4H3. The summed E-state index contributed by atoms with van der Waals surface area (Å²) in [6.45, 7) is 8.33. The highest BCUT2D eigenvalue weighted by Gasteiger charge is 2.58. The summed E-state index contributed by atoms with van der Waals surface area (Å²) in [6, 6.07) is 0. The van der Waals surface area contributed by atoms with Gasteiger partial charge in [-0.25, -0.2) is 0 Å². The molecule has 2 N–H and O–H groups in total. The van der Waals surface area contributed by atoms with Crippen LogP contribution in [0.5, 0.6) is 0 Å². The van der Waals surface area contributed by atoms with E-state index in [1.54, 1.807) is 0 Å². The summed E-state index contributed by atoms with van der Waals surface area (Å²) < 4.78 is 12.1. The van der Waals surface area contributed by atoms with Crippen molar-refractivity contribution >= 4 is 7.12 Å². The van der Waals surface area contributed by atoms with Crippen molar-refractivity contribution < 1.29 is 9.31 Å². The fraction of sp³-hybridized carbons (Fsp3) is 1.00. The van der Waals surface area contributed by atoms with Crippen LogP contribution in [0.1, 0.15) is 59.8 Å². The van der Waals surface area contributed by atoms with E-state index in [0.717, 1.165) is 12.8 Å². The van der Waals surface area contributed by atoms with E-state index in [1.165, 1.54) is 19.3 Å². The second kappa shape index (κ2) is 3.72. The zero-order valence-corrected chi connectivity index (χ0v) is 11.0. The summed E-state index contributed by atoms with van der Waals surface area (Å²) in [5, 5.41) is 0. The quantitative estimate of drug-likeness (QED) is 0.696. The molecule has 1 saturated heterocycles. The van der Waals surface area contributed by atoms with Crippen molar-refractivity contribution in [2.24, 2.45) is 5.73 Å². The Hall–Kier alpha value is -0.0551. The summed E-state index contributed by atoms with van der Waals surface area (Å²) >= 11 is 0. The number of nitrogens with two attached hydrogens (primary N) is 1. The summed E-state index contributed by atoms with van der Waals surface area (Å²) in [5.41, 5.74) is 5.66. The Balaban J connectivity index is 2.13. The highest BCUT2D eigenvalue weighted by molar-refractivity contribution is 6.49. The highest BCUT2D eigenvalue weighted by atomic mass is 16.7. The van der Waals surface area contributed by atoms with E-state index in [0.29, 0.717) is 0 Å². The van der Waals surface area contributed by atoms with Gasteiger partial charge in [0, 0.05) is 0 Å². The van der Waals surface area contributed by atoms with Crippen molar-refractivity contribution in [2.45, 2.75) is 76.4 Å². The van der Waals surface area contributed by atoms with Gasteiger partial charge in [-0.15, -0.1) is 0 Å². The van der Waals surface area contributed by atoms with Crippen LogP contribution in [0.15, 0.2) is 0 Å². The first kappa shape index (κ1) is 12.4. The van der Waals surface area contributed by atoms with Crippen molar-refractivity contribution in [3.8, 4) is 0 Å². The van der Waals surface area contributed by atoms with E-state index in [9.17, 15) is 0 Å². The van der Waals surface area contributed by atoms with Gasteiger partial charge in [0.2, 0.25) is 0 Å². The van der Waals surface area contributed by atoms with Crippen LogP contribution in [0.25, 0.3) is 0 Å². The van der Waals surface area contributed by atoms with Crippen LogP contribution >= 0.6 is 0 Å². The molecule has 2 aliphatic rings. The van der Waals surface area contributed by atoms with Gasteiger partial charge in [0.15, 0.2) is 0 Å². The first-order chi connectivity index (χ1) is 7.27. The average molecular weight is 225 g/mol. The highest BCUT2D eigenvalue weighted by Crippen LogP contribution is 2.42. The van der Waals surface area contributed by atoms with Gasteiger partial charge in [0.25, 0.3) is 0 Å². The van der Waals surface area contributed by atoms with Crippen LogP contribution in [0.2, 0.25) is 0 Å². The fourth-order valence-electron chi connectivity index (χ4n) is 2.52. The second-order valence-electron chi connectivity index (χ2n) is 6.38. The van der Waals surface area contributed by atoms with Gasteiger partial charge in [-0.3, -0.25) is 0 Å². The average Bonchev–Trinajstić information content (AvgIpc) is 2.38. The van der Waals surface area contributed by atoms with Gasteiger partial charge in [-0.05, 0) is 40.5 Å². The molecule has 1 heterocycles. The predicted molar refractivity (Wildman–Crippen MR) is 66.1 cm³/mol. The van der Waals surface area contributed by atoms with Crippen molar-refractivity contribution in [3.05, 3.63) is 0 Å². The van der Waals surface area contributed by atoms with Crippen LogP contribution < -0.4 is 5.73 Å². The van der Waals surface area contributed by atoms with Gasteiger partial charge in [-0.2, -0.15) is 0 Å². The molecule has 4 heteroatoms. The van der Waals surface area contributed by atoms with Gasteiger partial charge in [0.05, 0.1) is 16.6 Å². The smallest absolute Gasteiger partial charge is 0.402 e. The third-order valence-corrected chi connectivity index (χ3v) is 4.51. The molecule has 0 aromatic carbocycles. The second-order valence-corrected chi connectivity index (χ2v) is 6.38. The Morgan fingerprint density at radius 1 is 0.875 bits per heavy atom. The summed E-state index contributed by atoms with van der Waals surface area (Å²) in [5.74, 6) is 0. The summed E-state index contributed by atoms with van der Waals surface area (Å²) in [4.78, 5) is 0. The Morgan fingerprint density at radius 3 is 1.75 bits per heavy atom. The van der Waals surface area contributed by atoms with Crippen LogP contribution in [-0.4, -0.2) is 23.8 Å². The number of rotatable bonds is 1. The largest absolute Gasteiger partial charge is 0.479 e. The zero-order valence-electron chi connectivity index (χ0n) is 11.0. The maximum Gasteiger partial charge on any atom is 0.479 e. The molecule has 0 bridgehead atoms. The Bertz CT molecular complexity index is 256. The van der Waals surface area contributed by atoms with Gasteiger partial charge < -0.3 is 15.0 Å². The normalized spacial score (nSPS) is 31.7. The lowest BCUT2D eigenvalue weighted by atomic mass is 9.58. The first-order valence-electron chi connectivity index (χ1n) is 6.41. The van der Waals surface area contributed by atoms with E-state index in [1.807, 2.05) is 0 Å². The SMILES string of the molecule is CC1(C)OB(C2(N)CCCCC2)OC1(C)C. The molecule has 0 unspecified atom stereocenters. The molecule has 0 amide bonds. The Morgan fingerprint density at radius 2 is 1.31 bits per heavy atom. The zero-order chi connectivity index (χ0) is 12.0. The first-order valence-corrected chi connectivity index (χ1v) is 6.41. The molecule has 0 spiro atoms. The molecule has 1 aliphatic carbocycles. The lowest BCUT2D eigenvalue weighted by Crippen LogP contribution is -2.56. The molecule has 16 heavy (non-hydrogen) atoms. The molecule has 0 aromatic rings. The summed E-state index contributed by atoms with van der Waals surface area (Å²) in [6.07, 6.45) is 5.72. The van der Waals surface area contributed by atoms with Crippen LogP contribution in [0.4, 0.5) is 0 Å². The minimum absolute atomic E-state index is 0.238. The number of hydrogen-bond donors (Lipinski definition) is 1. The topological polar surface area (TPSA) is 44.5 Å². The molecule has 0 atom stereocenters. The van der Waals surface area contributed by atoms with Crippen molar-refractivity contribution in [2.75, 3.05) is 0 Å². The predicted octanol–water partition coefficient (Wildman–Crippen LogP) is 2.28. The third kappa shape index (κ3) is 1.91. The monoisotopic (exact) mass is 225 g/mol. The Labute approximate surface area is 99.2 Å².